The molecule has 1 unspecified atom stereocenters. The Kier molecular flexibility index (Phi) is 4.87. The number of non-ortho nitro benzene ring substituents is 1. The summed E-state index contributed by atoms with van der Waals surface area (Å²) < 4.78 is 0. The molecule has 1 atom stereocenters. The Morgan fingerprint density at radius 3 is 2.31 bits per heavy atom. The lowest BCUT2D eigenvalue weighted by Crippen LogP contribution is -2.15. The molecule has 4 aromatic rings. The summed E-state index contributed by atoms with van der Waals surface area (Å²) in [5.74, 6) is -0.387. The van der Waals surface area contributed by atoms with Crippen molar-refractivity contribution >= 4 is 27.4 Å². The molecule has 0 saturated carbocycles. The number of fused-ring (bicyclic) bond motifs is 2. The van der Waals surface area contributed by atoms with Crippen molar-refractivity contribution in [2.45, 2.75) is 12.3 Å². The first-order valence-corrected chi connectivity index (χ1v) is 9.15. The molecule has 0 saturated heterocycles. The standard InChI is InChI=1S/C22H17N3O4/c26-24(27)14-19(18-9-8-15-4-1-2-5-17(15)12-18)13-20-11-10-16-6-3-7-21(25(28)29)22(16)23-20/h1-12,19H,13-14H2. The highest BCUT2D eigenvalue weighted by Gasteiger charge is 2.21. The molecule has 0 N–H and O–H groups in total. The van der Waals surface area contributed by atoms with Crippen LogP contribution in [0, 0.1) is 20.2 Å². The van der Waals surface area contributed by atoms with Gasteiger partial charge in [0.1, 0.15) is 5.52 Å². The molecule has 1 aromatic heterocycles. The summed E-state index contributed by atoms with van der Waals surface area (Å²) in [6.45, 7) is -0.241. The van der Waals surface area contributed by atoms with Crippen LogP contribution in [0.1, 0.15) is 17.2 Å². The van der Waals surface area contributed by atoms with E-state index in [0.717, 1.165) is 16.3 Å². The number of hydrogen-bond donors (Lipinski definition) is 0. The number of aromatic nitrogens is 1. The molecule has 0 spiro atoms. The van der Waals surface area contributed by atoms with Gasteiger partial charge in [-0.25, -0.2) is 4.98 Å². The lowest BCUT2D eigenvalue weighted by atomic mass is 9.92. The summed E-state index contributed by atoms with van der Waals surface area (Å²) in [5.41, 5.74) is 1.67. The SMILES string of the molecule is O=[N+]([O-])CC(Cc1ccc2cccc([N+](=O)[O-])c2n1)c1ccc2ccccc2c1. The van der Waals surface area contributed by atoms with Crippen LogP contribution < -0.4 is 0 Å². The summed E-state index contributed by atoms with van der Waals surface area (Å²) in [6, 6.07) is 22.0. The van der Waals surface area contributed by atoms with E-state index in [1.165, 1.54) is 6.07 Å². The summed E-state index contributed by atoms with van der Waals surface area (Å²) >= 11 is 0. The molecule has 0 amide bonds. The van der Waals surface area contributed by atoms with E-state index in [4.69, 9.17) is 0 Å². The molecule has 29 heavy (non-hydrogen) atoms. The van der Waals surface area contributed by atoms with E-state index in [1.54, 1.807) is 24.3 Å². The van der Waals surface area contributed by atoms with Gasteiger partial charge in [-0.05, 0) is 22.4 Å². The molecule has 7 nitrogen and oxygen atoms in total. The molecule has 0 aliphatic rings. The van der Waals surface area contributed by atoms with Crippen molar-refractivity contribution in [3.05, 3.63) is 104 Å². The second kappa shape index (κ2) is 7.63. The molecular weight excluding hydrogens is 370 g/mol. The van der Waals surface area contributed by atoms with Crippen LogP contribution >= 0.6 is 0 Å². The Morgan fingerprint density at radius 2 is 1.55 bits per heavy atom. The third-order valence-electron chi connectivity index (χ3n) is 5.02. The number of nitro benzene ring substituents is 1. The number of nitro groups is 2. The van der Waals surface area contributed by atoms with Gasteiger partial charge in [0.2, 0.25) is 6.54 Å². The zero-order valence-corrected chi connectivity index (χ0v) is 15.4. The zero-order valence-electron chi connectivity index (χ0n) is 15.4. The predicted octanol–water partition coefficient (Wildman–Crippen LogP) is 4.90. The molecule has 0 aliphatic heterocycles. The average Bonchev–Trinajstić information content (AvgIpc) is 2.72. The third kappa shape index (κ3) is 3.89. The van der Waals surface area contributed by atoms with Crippen molar-refractivity contribution in [1.82, 2.24) is 4.98 Å². The minimum Gasteiger partial charge on any atom is -0.265 e. The number of hydrogen-bond acceptors (Lipinski definition) is 5. The largest absolute Gasteiger partial charge is 0.295 e. The van der Waals surface area contributed by atoms with Crippen molar-refractivity contribution in [2.24, 2.45) is 0 Å². The van der Waals surface area contributed by atoms with Crippen LogP contribution in [0.3, 0.4) is 0 Å². The van der Waals surface area contributed by atoms with Gasteiger partial charge in [-0.1, -0.05) is 60.7 Å². The number of nitrogens with zero attached hydrogens (tertiary/aromatic N) is 3. The van der Waals surface area contributed by atoms with Gasteiger partial charge in [-0.2, -0.15) is 0 Å². The van der Waals surface area contributed by atoms with Crippen LogP contribution in [0.25, 0.3) is 21.7 Å². The quantitative estimate of drug-likeness (QED) is 0.346. The molecule has 0 aliphatic carbocycles. The summed E-state index contributed by atoms with van der Waals surface area (Å²) in [4.78, 5) is 26.3. The van der Waals surface area contributed by atoms with E-state index >= 15 is 0 Å². The Morgan fingerprint density at radius 1 is 0.828 bits per heavy atom. The van der Waals surface area contributed by atoms with Gasteiger partial charge in [-0.3, -0.25) is 20.2 Å². The molecule has 7 heteroatoms. The Balaban J connectivity index is 1.73. The second-order valence-electron chi connectivity index (χ2n) is 6.93. The molecule has 1 heterocycles. The number of para-hydroxylation sites is 1. The van der Waals surface area contributed by atoms with Gasteiger partial charge in [0, 0.05) is 28.5 Å². The first-order chi connectivity index (χ1) is 14.0. The van der Waals surface area contributed by atoms with Crippen molar-refractivity contribution < 1.29 is 9.85 Å². The molecule has 0 bridgehead atoms. The number of benzene rings is 3. The third-order valence-corrected chi connectivity index (χ3v) is 5.02. The van der Waals surface area contributed by atoms with E-state index in [9.17, 15) is 20.2 Å². The van der Waals surface area contributed by atoms with Gasteiger partial charge in [0.15, 0.2) is 0 Å². The predicted molar refractivity (Wildman–Crippen MR) is 111 cm³/mol. The van der Waals surface area contributed by atoms with Crippen LogP contribution in [-0.4, -0.2) is 21.4 Å². The zero-order chi connectivity index (χ0) is 20.4. The van der Waals surface area contributed by atoms with Gasteiger partial charge >= 0.3 is 0 Å². The highest BCUT2D eigenvalue weighted by molar-refractivity contribution is 5.87. The van der Waals surface area contributed by atoms with Crippen molar-refractivity contribution in [3.8, 4) is 0 Å². The first kappa shape index (κ1) is 18.5. The van der Waals surface area contributed by atoms with Gasteiger partial charge < -0.3 is 0 Å². The van der Waals surface area contributed by atoms with Crippen LogP contribution in [0.2, 0.25) is 0 Å². The normalized spacial score (nSPS) is 12.1. The fourth-order valence-corrected chi connectivity index (χ4v) is 3.61. The van der Waals surface area contributed by atoms with Crippen molar-refractivity contribution in [1.29, 1.82) is 0 Å². The van der Waals surface area contributed by atoms with E-state index in [0.29, 0.717) is 23.0 Å². The molecular formula is C22H17N3O4. The Hall–Kier alpha value is -3.87. The minimum atomic E-state index is -0.461. The van der Waals surface area contributed by atoms with E-state index in [1.807, 2.05) is 42.5 Å². The molecule has 0 radical (unpaired) electrons. The maximum Gasteiger partial charge on any atom is 0.295 e. The van der Waals surface area contributed by atoms with Crippen LogP contribution in [0.4, 0.5) is 5.69 Å². The maximum atomic E-state index is 11.3. The second-order valence-corrected chi connectivity index (χ2v) is 6.93. The van der Waals surface area contributed by atoms with Crippen LogP contribution in [0.15, 0.2) is 72.8 Å². The number of rotatable bonds is 6. The number of pyridine rings is 1. The fourth-order valence-electron chi connectivity index (χ4n) is 3.61. The maximum absolute atomic E-state index is 11.3. The minimum absolute atomic E-state index is 0.0686. The molecule has 4 rings (SSSR count). The van der Waals surface area contributed by atoms with Gasteiger partial charge in [0.25, 0.3) is 5.69 Å². The smallest absolute Gasteiger partial charge is 0.265 e. The molecule has 3 aromatic carbocycles. The van der Waals surface area contributed by atoms with Crippen molar-refractivity contribution in [2.75, 3.05) is 6.54 Å². The highest BCUT2D eigenvalue weighted by Crippen LogP contribution is 2.28. The summed E-state index contributed by atoms with van der Waals surface area (Å²) in [6.07, 6.45) is 0.321. The Labute approximate surface area is 165 Å². The van der Waals surface area contributed by atoms with Crippen LogP contribution in [-0.2, 0) is 6.42 Å². The Bertz CT molecular complexity index is 1240. The monoisotopic (exact) mass is 387 g/mol. The summed E-state index contributed by atoms with van der Waals surface area (Å²) in [5, 5.41) is 25.4. The van der Waals surface area contributed by atoms with Crippen molar-refractivity contribution in [3.63, 3.8) is 0 Å². The molecule has 0 fully saturated rings. The lowest BCUT2D eigenvalue weighted by Gasteiger charge is -2.14. The van der Waals surface area contributed by atoms with E-state index < -0.39 is 4.92 Å². The van der Waals surface area contributed by atoms with E-state index in [2.05, 4.69) is 4.98 Å². The lowest BCUT2D eigenvalue weighted by molar-refractivity contribution is -0.483. The average molecular weight is 387 g/mol. The van der Waals surface area contributed by atoms with E-state index in [-0.39, 0.29) is 23.1 Å². The fraction of sp³-hybridized carbons (Fsp3) is 0.136. The highest BCUT2D eigenvalue weighted by atomic mass is 16.6. The topological polar surface area (TPSA) is 99.2 Å². The van der Waals surface area contributed by atoms with Gasteiger partial charge in [-0.15, -0.1) is 0 Å². The molecule has 144 valence electrons. The van der Waals surface area contributed by atoms with Crippen LogP contribution in [0.5, 0.6) is 0 Å². The van der Waals surface area contributed by atoms with Gasteiger partial charge in [0.05, 0.1) is 10.8 Å². The summed E-state index contributed by atoms with van der Waals surface area (Å²) in [7, 11) is 0. The first-order valence-electron chi connectivity index (χ1n) is 9.15.